The van der Waals surface area contributed by atoms with Gasteiger partial charge < -0.3 is 14.6 Å². The van der Waals surface area contributed by atoms with Gasteiger partial charge >= 0.3 is 6.18 Å². The first-order valence-corrected chi connectivity index (χ1v) is 9.59. The van der Waals surface area contributed by atoms with Gasteiger partial charge in [-0.15, -0.1) is 0 Å². The maximum Gasteiger partial charge on any atom is 0.416 e. The highest BCUT2D eigenvalue weighted by Gasteiger charge is 2.30. The van der Waals surface area contributed by atoms with E-state index < -0.39 is 17.6 Å². The molecule has 0 saturated carbocycles. The first-order chi connectivity index (χ1) is 14.2. The van der Waals surface area contributed by atoms with E-state index in [9.17, 15) is 23.2 Å². The number of carbonyl (C=O) groups excluding carboxylic acids is 1. The lowest BCUT2D eigenvalue weighted by atomic mass is 10.1. The molecule has 1 N–H and O–H groups in total. The van der Waals surface area contributed by atoms with Crippen molar-refractivity contribution in [3.63, 3.8) is 0 Å². The van der Waals surface area contributed by atoms with Crippen molar-refractivity contribution in [3.8, 4) is 11.8 Å². The van der Waals surface area contributed by atoms with Gasteiger partial charge in [-0.05, 0) is 62.6 Å². The van der Waals surface area contributed by atoms with Crippen LogP contribution in [0.3, 0.4) is 0 Å². The summed E-state index contributed by atoms with van der Waals surface area (Å²) in [7, 11) is 0. The van der Waals surface area contributed by atoms with Crippen LogP contribution in [0.15, 0.2) is 35.9 Å². The van der Waals surface area contributed by atoms with Crippen LogP contribution < -0.4 is 5.32 Å². The van der Waals surface area contributed by atoms with Crippen molar-refractivity contribution < 1.29 is 22.7 Å². The number of aryl methyl sites for hydroxylation is 1. The fourth-order valence-corrected chi connectivity index (χ4v) is 3.56. The molecule has 1 atom stereocenters. The zero-order valence-corrected chi connectivity index (χ0v) is 16.7. The minimum absolute atomic E-state index is 0.0418. The molecule has 1 aliphatic rings. The number of hydrogen-bond acceptors (Lipinski definition) is 3. The van der Waals surface area contributed by atoms with Crippen LogP contribution in [0.25, 0.3) is 11.8 Å². The van der Waals surface area contributed by atoms with Gasteiger partial charge in [-0.3, -0.25) is 4.79 Å². The van der Waals surface area contributed by atoms with Crippen LogP contribution in [0.1, 0.15) is 35.4 Å². The van der Waals surface area contributed by atoms with Gasteiger partial charge in [0.2, 0.25) is 0 Å². The number of aromatic nitrogens is 1. The minimum Gasteiger partial charge on any atom is -0.376 e. The number of hydrogen-bond donors (Lipinski definition) is 1. The molecule has 1 aliphatic heterocycles. The third-order valence-corrected chi connectivity index (χ3v) is 5.08. The van der Waals surface area contributed by atoms with E-state index in [0.29, 0.717) is 35.8 Å². The van der Waals surface area contributed by atoms with Crippen molar-refractivity contribution in [2.75, 3.05) is 13.2 Å². The van der Waals surface area contributed by atoms with Crippen molar-refractivity contribution in [1.82, 2.24) is 9.88 Å². The van der Waals surface area contributed by atoms with Gasteiger partial charge in [0.05, 0.1) is 11.7 Å². The molecular formula is C22H22F3N3O2. The molecule has 8 heteroatoms. The Bertz CT molecular complexity index is 1010. The average molecular weight is 417 g/mol. The van der Waals surface area contributed by atoms with E-state index in [2.05, 4.69) is 5.32 Å². The molecule has 5 nitrogen and oxygen atoms in total. The summed E-state index contributed by atoms with van der Waals surface area (Å²) in [4.78, 5) is 12.4. The van der Waals surface area contributed by atoms with Gasteiger partial charge in [0.25, 0.3) is 5.91 Å². The fraction of sp³-hybridized carbons (Fsp3) is 0.364. The number of nitrogens with zero attached hydrogens (tertiary/aromatic N) is 2. The summed E-state index contributed by atoms with van der Waals surface area (Å²) in [6.07, 6.45) is -1.22. The quantitative estimate of drug-likeness (QED) is 0.582. The third kappa shape index (κ3) is 4.74. The Morgan fingerprint density at radius 2 is 2.13 bits per heavy atom. The van der Waals surface area contributed by atoms with Crippen LogP contribution in [-0.2, 0) is 15.7 Å². The molecule has 158 valence electrons. The summed E-state index contributed by atoms with van der Waals surface area (Å²) < 4.78 is 46.3. The Kier molecular flexibility index (Phi) is 6.32. The Morgan fingerprint density at radius 1 is 1.37 bits per heavy atom. The lowest BCUT2D eigenvalue weighted by molar-refractivity contribution is -0.137. The number of ether oxygens (including phenoxy) is 1. The highest BCUT2D eigenvalue weighted by molar-refractivity contribution is 6.01. The number of carbonyl (C=O) groups is 1. The van der Waals surface area contributed by atoms with Crippen molar-refractivity contribution in [3.05, 3.63) is 58.4 Å². The first-order valence-electron chi connectivity index (χ1n) is 9.59. The first kappa shape index (κ1) is 21.7. The van der Waals surface area contributed by atoms with Crippen molar-refractivity contribution in [2.24, 2.45) is 0 Å². The SMILES string of the molecule is Cc1cc(/C=C(\C#N)C(=O)NC[C@H]2CCCO2)c(C)n1-c1cccc(C(F)(F)F)c1. The number of nitrogens with one attached hydrogen (secondary N) is 1. The molecule has 0 unspecified atom stereocenters. The van der Waals surface area contributed by atoms with Crippen molar-refractivity contribution >= 4 is 12.0 Å². The van der Waals surface area contributed by atoms with Gasteiger partial charge in [0.15, 0.2) is 0 Å². The number of halogens is 3. The number of alkyl halides is 3. The van der Waals surface area contributed by atoms with Crippen LogP contribution in [0.5, 0.6) is 0 Å². The molecule has 30 heavy (non-hydrogen) atoms. The van der Waals surface area contributed by atoms with Gasteiger partial charge in [-0.2, -0.15) is 18.4 Å². The number of rotatable bonds is 5. The normalized spacial score (nSPS) is 17.1. The van der Waals surface area contributed by atoms with Gasteiger partial charge in [0, 0.05) is 30.2 Å². The Balaban J connectivity index is 1.87. The second-order valence-corrected chi connectivity index (χ2v) is 7.22. The molecule has 2 heterocycles. The van der Waals surface area contributed by atoms with E-state index in [-0.39, 0.29) is 11.7 Å². The smallest absolute Gasteiger partial charge is 0.376 e. The summed E-state index contributed by atoms with van der Waals surface area (Å²) in [6, 6.07) is 8.67. The number of amides is 1. The summed E-state index contributed by atoms with van der Waals surface area (Å²) in [5.74, 6) is -0.503. The minimum atomic E-state index is -4.44. The van der Waals surface area contributed by atoms with E-state index >= 15 is 0 Å². The molecule has 1 aromatic carbocycles. The fourth-order valence-electron chi connectivity index (χ4n) is 3.56. The van der Waals surface area contributed by atoms with Crippen LogP contribution in [0, 0.1) is 25.2 Å². The topological polar surface area (TPSA) is 67.1 Å². The zero-order chi connectivity index (χ0) is 21.9. The van der Waals surface area contributed by atoms with E-state index in [0.717, 1.165) is 25.0 Å². The molecule has 0 spiro atoms. The molecule has 1 aromatic heterocycles. The summed E-state index contributed by atoms with van der Waals surface area (Å²) in [5, 5.41) is 12.1. The number of nitriles is 1. The highest BCUT2D eigenvalue weighted by Crippen LogP contribution is 2.31. The summed E-state index contributed by atoms with van der Waals surface area (Å²) >= 11 is 0. The molecule has 2 aromatic rings. The molecule has 0 bridgehead atoms. The monoisotopic (exact) mass is 417 g/mol. The lowest BCUT2D eigenvalue weighted by Crippen LogP contribution is -2.32. The third-order valence-electron chi connectivity index (χ3n) is 5.08. The van der Waals surface area contributed by atoms with E-state index in [1.54, 1.807) is 30.5 Å². The van der Waals surface area contributed by atoms with E-state index in [4.69, 9.17) is 4.74 Å². The molecular weight excluding hydrogens is 395 g/mol. The molecule has 1 saturated heterocycles. The molecule has 0 radical (unpaired) electrons. The highest BCUT2D eigenvalue weighted by atomic mass is 19.4. The van der Waals surface area contributed by atoms with Crippen LogP contribution >= 0.6 is 0 Å². The zero-order valence-electron chi connectivity index (χ0n) is 16.7. The van der Waals surface area contributed by atoms with Gasteiger partial charge in [0.1, 0.15) is 11.6 Å². The Labute approximate surface area is 172 Å². The molecule has 1 amide bonds. The molecule has 3 rings (SSSR count). The Morgan fingerprint density at radius 3 is 2.77 bits per heavy atom. The van der Waals surface area contributed by atoms with E-state index in [1.165, 1.54) is 12.1 Å². The van der Waals surface area contributed by atoms with Crippen LogP contribution in [0.2, 0.25) is 0 Å². The average Bonchev–Trinajstić information content (AvgIpc) is 3.31. The predicted octanol–water partition coefficient (Wildman–Crippen LogP) is 4.32. The maximum atomic E-state index is 13.1. The lowest BCUT2D eigenvalue weighted by Gasteiger charge is -2.13. The molecule has 0 aliphatic carbocycles. The van der Waals surface area contributed by atoms with Crippen LogP contribution in [0.4, 0.5) is 13.2 Å². The second-order valence-electron chi connectivity index (χ2n) is 7.22. The number of benzene rings is 1. The van der Waals surface area contributed by atoms with Crippen LogP contribution in [-0.4, -0.2) is 29.7 Å². The predicted molar refractivity (Wildman–Crippen MR) is 106 cm³/mol. The van der Waals surface area contributed by atoms with Gasteiger partial charge in [-0.25, -0.2) is 0 Å². The molecule has 1 fully saturated rings. The maximum absolute atomic E-state index is 13.1. The largest absolute Gasteiger partial charge is 0.416 e. The Hall–Kier alpha value is -3.05. The van der Waals surface area contributed by atoms with Crippen molar-refractivity contribution in [1.29, 1.82) is 5.26 Å². The standard InChI is InChI=1S/C22H22F3N3O2/c1-14-9-16(10-17(12-26)21(29)27-13-20-7-4-8-30-20)15(2)28(14)19-6-3-5-18(11-19)22(23,24)25/h3,5-6,9-11,20H,4,7-8,13H2,1-2H3,(H,27,29)/b17-10+/t20-/m1/s1. The van der Waals surface area contributed by atoms with Gasteiger partial charge in [-0.1, -0.05) is 6.07 Å². The summed E-state index contributed by atoms with van der Waals surface area (Å²) in [5.41, 5.74) is 1.46. The van der Waals surface area contributed by atoms with E-state index in [1.807, 2.05) is 6.07 Å². The van der Waals surface area contributed by atoms with Crippen molar-refractivity contribution in [2.45, 2.75) is 39.0 Å². The second kappa shape index (κ2) is 8.76. The summed E-state index contributed by atoms with van der Waals surface area (Å²) in [6.45, 7) is 4.50.